The van der Waals surface area contributed by atoms with Gasteiger partial charge in [0.2, 0.25) is 0 Å². The lowest BCUT2D eigenvalue weighted by molar-refractivity contribution is 0.506. The average molecular weight is 338 g/mol. The zero-order valence-electron chi connectivity index (χ0n) is 14.8. The van der Waals surface area contributed by atoms with E-state index in [0.717, 1.165) is 6.54 Å². The lowest BCUT2D eigenvalue weighted by Gasteiger charge is -2.30. The summed E-state index contributed by atoms with van der Waals surface area (Å²) in [6.07, 6.45) is 5.02. The first-order valence-electron chi connectivity index (χ1n) is 9.29. The molecule has 1 nitrogen and oxygen atoms in total. The van der Waals surface area contributed by atoms with Crippen molar-refractivity contribution in [1.29, 1.82) is 0 Å². The molecule has 0 amide bonds. The lowest BCUT2D eigenvalue weighted by atomic mass is 9.74. The zero-order chi connectivity index (χ0) is 16.6. The van der Waals surface area contributed by atoms with Crippen LogP contribution in [0.3, 0.4) is 0 Å². The Morgan fingerprint density at radius 2 is 1.71 bits per heavy atom. The number of hydrogen-bond acceptors (Lipinski definition) is 2. The molecule has 0 radical (unpaired) electrons. The summed E-state index contributed by atoms with van der Waals surface area (Å²) in [5, 5.41) is 3.76. The second-order valence-corrected chi connectivity index (χ2v) is 8.55. The summed E-state index contributed by atoms with van der Waals surface area (Å²) in [5.41, 5.74) is 9.53. The predicted octanol–water partition coefficient (Wildman–Crippen LogP) is 5.34. The molecular weight excluding hydrogens is 310 g/mol. The summed E-state index contributed by atoms with van der Waals surface area (Å²) < 4.78 is 0. The smallest absolute Gasteiger partial charge is 0.0384 e. The summed E-state index contributed by atoms with van der Waals surface area (Å²) in [6.45, 7) is 5.60. The van der Waals surface area contributed by atoms with E-state index in [-0.39, 0.29) is 5.41 Å². The van der Waals surface area contributed by atoms with E-state index in [0.29, 0.717) is 0 Å². The molecule has 2 aliphatic carbocycles. The van der Waals surface area contributed by atoms with E-state index in [2.05, 4.69) is 55.6 Å². The molecule has 0 bridgehead atoms. The maximum atomic E-state index is 3.76. The van der Waals surface area contributed by atoms with Crippen molar-refractivity contribution in [2.75, 3.05) is 23.4 Å². The highest BCUT2D eigenvalue weighted by Crippen LogP contribution is 2.55. The van der Waals surface area contributed by atoms with Gasteiger partial charge in [0.1, 0.15) is 0 Å². The normalized spacial score (nSPS) is 21.1. The molecule has 0 heterocycles. The van der Waals surface area contributed by atoms with Crippen LogP contribution in [0, 0.1) is 6.92 Å². The van der Waals surface area contributed by atoms with Gasteiger partial charge in [0.15, 0.2) is 0 Å². The van der Waals surface area contributed by atoms with Gasteiger partial charge in [0.25, 0.3) is 0 Å². The fourth-order valence-corrected chi connectivity index (χ4v) is 5.53. The minimum absolute atomic E-state index is 0.261. The third-order valence-electron chi connectivity index (χ3n) is 5.88. The SMILES string of the molecule is CCSCCNc1cccc2c1[C@]1(CCc3cccc(C)c31)CC2. The lowest BCUT2D eigenvalue weighted by Crippen LogP contribution is -2.24. The van der Waals surface area contributed by atoms with Crippen LogP contribution in [-0.2, 0) is 18.3 Å². The van der Waals surface area contributed by atoms with Crippen LogP contribution in [-0.4, -0.2) is 18.1 Å². The molecule has 2 aromatic carbocycles. The number of benzene rings is 2. The Bertz CT molecular complexity index is 748. The van der Waals surface area contributed by atoms with Crippen LogP contribution in [0.1, 0.15) is 47.6 Å². The number of aryl methyl sites for hydroxylation is 3. The van der Waals surface area contributed by atoms with Crippen LogP contribution in [0.2, 0.25) is 0 Å². The summed E-state index contributed by atoms with van der Waals surface area (Å²) in [6, 6.07) is 13.8. The van der Waals surface area contributed by atoms with Gasteiger partial charge in [-0.2, -0.15) is 11.8 Å². The van der Waals surface area contributed by atoms with Crippen LogP contribution >= 0.6 is 11.8 Å². The molecule has 0 unspecified atom stereocenters. The molecule has 1 spiro atoms. The molecule has 2 heteroatoms. The van der Waals surface area contributed by atoms with Crippen molar-refractivity contribution >= 4 is 17.4 Å². The number of anilines is 1. The standard InChI is InChI=1S/C22H27NS/c1-3-24-15-14-23-19-9-5-8-18-11-13-22(21(18)19)12-10-17-7-4-6-16(2)20(17)22/h4-9,23H,3,10-15H2,1-2H3/t22-/m1/s1. The highest BCUT2D eigenvalue weighted by atomic mass is 32.2. The van der Waals surface area contributed by atoms with Crippen molar-refractivity contribution in [2.45, 2.75) is 44.9 Å². The molecule has 24 heavy (non-hydrogen) atoms. The maximum Gasteiger partial charge on any atom is 0.0384 e. The van der Waals surface area contributed by atoms with Crippen molar-refractivity contribution < 1.29 is 0 Å². The molecular formula is C22H27NS. The van der Waals surface area contributed by atoms with Gasteiger partial charge in [-0.25, -0.2) is 0 Å². The number of fused-ring (bicyclic) bond motifs is 4. The fraction of sp³-hybridized carbons (Fsp3) is 0.455. The Morgan fingerprint density at radius 3 is 2.46 bits per heavy atom. The Kier molecular flexibility index (Phi) is 4.34. The zero-order valence-corrected chi connectivity index (χ0v) is 15.6. The van der Waals surface area contributed by atoms with E-state index >= 15 is 0 Å². The van der Waals surface area contributed by atoms with E-state index in [4.69, 9.17) is 0 Å². The van der Waals surface area contributed by atoms with Crippen LogP contribution in [0.5, 0.6) is 0 Å². The van der Waals surface area contributed by atoms with Gasteiger partial charge in [0.05, 0.1) is 0 Å². The Balaban J connectivity index is 1.75. The van der Waals surface area contributed by atoms with Gasteiger partial charge in [-0.3, -0.25) is 0 Å². The Labute approximate surface area is 150 Å². The third kappa shape index (κ3) is 2.47. The van der Waals surface area contributed by atoms with Gasteiger partial charge in [-0.1, -0.05) is 37.3 Å². The highest BCUT2D eigenvalue weighted by molar-refractivity contribution is 7.99. The van der Waals surface area contributed by atoms with Crippen molar-refractivity contribution in [3.05, 3.63) is 64.2 Å². The first kappa shape index (κ1) is 16.1. The summed E-state index contributed by atoms with van der Waals surface area (Å²) in [7, 11) is 0. The van der Waals surface area contributed by atoms with Crippen LogP contribution in [0.4, 0.5) is 5.69 Å². The summed E-state index contributed by atoms with van der Waals surface area (Å²) in [4.78, 5) is 0. The van der Waals surface area contributed by atoms with Crippen LogP contribution in [0.15, 0.2) is 36.4 Å². The Hall–Kier alpha value is -1.41. The second kappa shape index (κ2) is 6.48. The van der Waals surface area contributed by atoms with Gasteiger partial charge >= 0.3 is 0 Å². The van der Waals surface area contributed by atoms with Crippen molar-refractivity contribution in [3.63, 3.8) is 0 Å². The van der Waals surface area contributed by atoms with E-state index < -0.39 is 0 Å². The largest absolute Gasteiger partial charge is 0.384 e. The molecule has 1 atom stereocenters. The van der Waals surface area contributed by atoms with Crippen molar-refractivity contribution in [3.8, 4) is 0 Å². The monoisotopic (exact) mass is 337 g/mol. The molecule has 2 aromatic rings. The first-order valence-corrected chi connectivity index (χ1v) is 10.4. The molecule has 1 N–H and O–H groups in total. The molecule has 4 rings (SSSR count). The second-order valence-electron chi connectivity index (χ2n) is 7.15. The molecule has 0 saturated heterocycles. The van der Waals surface area contributed by atoms with Gasteiger partial charge < -0.3 is 5.32 Å². The summed E-state index contributed by atoms with van der Waals surface area (Å²) >= 11 is 2.01. The van der Waals surface area contributed by atoms with E-state index in [9.17, 15) is 0 Å². The molecule has 0 saturated carbocycles. The van der Waals surface area contributed by atoms with E-state index in [1.54, 1.807) is 22.3 Å². The minimum Gasteiger partial charge on any atom is -0.384 e. The number of thioether (sulfide) groups is 1. The quantitative estimate of drug-likeness (QED) is 0.739. The minimum atomic E-state index is 0.261. The third-order valence-corrected chi connectivity index (χ3v) is 6.78. The fourth-order valence-electron chi connectivity index (χ4n) is 4.99. The molecule has 2 aliphatic rings. The molecule has 0 aliphatic heterocycles. The van der Waals surface area contributed by atoms with Crippen LogP contribution in [0.25, 0.3) is 0 Å². The summed E-state index contributed by atoms with van der Waals surface area (Å²) in [5.74, 6) is 2.38. The predicted molar refractivity (Wildman–Crippen MR) is 107 cm³/mol. The van der Waals surface area contributed by atoms with Crippen LogP contribution < -0.4 is 5.32 Å². The maximum absolute atomic E-state index is 3.76. The molecule has 0 aromatic heterocycles. The van der Waals surface area contributed by atoms with Gasteiger partial charge in [-0.15, -0.1) is 0 Å². The van der Waals surface area contributed by atoms with Gasteiger partial charge in [0, 0.05) is 23.4 Å². The molecule has 126 valence electrons. The molecule has 0 fully saturated rings. The number of nitrogens with one attached hydrogen (secondary N) is 1. The topological polar surface area (TPSA) is 12.0 Å². The van der Waals surface area contributed by atoms with Gasteiger partial charge in [-0.05, 0) is 72.2 Å². The number of hydrogen-bond donors (Lipinski definition) is 1. The van der Waals surface area contributed by atoms with E-state index in [1.807, 2.05) is 11.8 Å². The van der Waals surface area contributed by atoms with Crippen molar-refractivity contribution in [2.24, 2.45) is 0 Å². The average Bonchev–Trinajstić information content (AvgIpc) is 3.16. The highest BCUT2D eigenvalue weighted by Gasteiger charge is 2.46. The number of rotatable bonds is 5. The van der Waals surface area contributed by atoms with E-state index in [1.165, 1.54) is 48.4 Å². The first-order chi connectivity index (χ1) is 11.8. The van der Waals surface area contributed by atoms with Crippen molar-refractivity contribution in [1.82, 2.24) is 0 Å². The Morgan fingerprint density at radius 1 is 1.00 bits per heavy atom.